The molecule has 5 rings (SSSR count). The Morgan fingerprint density at radius 3 is 2.97 bits per heavy atom. The van der Waals surface area contributed by atoms with Gasteiger partial charge in [-0.15, -0.1) is 11.3 Å². The molecule has 3 heterocycles. The van der Waals surface area contributed by atoms with Gasteiger partial charge in [0.15, 0.2) is 0 Å². The maximum atomic E-state index is 12.6. The summed E-state index contributed by atoms with van der Waals surface area (Å²) in [6.07, 6.45) is 4.26. The van der Waals surface area contributed by atoms with E-state index in [1.807, 2.05) is 30.3 Å². The molecule has 2 fully saturated rings. The van der Waals surface area contributed by atoms with Crippen LogP contribution in [0.1, 0.15) is 29.7 Å². The molecule has 4 unspecified atom stereocenters. The van der Waals surface area contributed by atoms with Crippen LogP contribution >= 0.6 is 11.3 Å². The molecule has 3 aliphatic rings. The predicted octanol–water partition coefficient (Wildman–Crippen LogP) is 2.60. The lowest BCUT2D eigenvalue weighted by molar-refractivity contribution is -0.124. The lowest BCUT2D eigenvalue weighted by Crippen LogP contribution is -2.50. The molecule has 0 radical (unpaired) electrons. The summed E-state index contributed by atoms with van der Waals surface area (Å²) in [6, 6.07) is 12.1. The number of fused-ring (bicyclic) bond motifs is 3. The van der Waals surface area contributed by atoms with Gasteiger partial charge in [-0.05, 0) is 54.5 Å². The Morgan fingerprint density at radius 2 is 2.21 bits per heavy atom. The van der Waals surface area contributed by atoms with Gasteiger partial charge in [-0.25, -0.2) is 0 Å². The van der Waals surface area contributed by atoms with Gasteiger partial charge in [0.25, 0.3) is 0 Å². The normalized spacial score (nSPS) is 25.3. The van der Waals surface area contributed by atoms with Gasteiger partial charge in [-0.1, -0.05) is 12.1 Å². The quantitative estimate of drug-likeness (QED) is 0.711. The van der Waals surface area contributed by atoms with Crippen LogP contribution in [0.15, 0.2) is 30.3 Å². The summed E-state index contributed by atoms with van der Waals surface area (Å²) >= 11 is 1.62. The average molecular weight is 407 g/mol. The van der Waals surface area contributed by atoms with Crippen LogP contribution in [0.4, 0.5) is 5.69 Å². The third-order valence-electron chi connectivity index (χ3n) is 6.20. The first-order valence-corrected chi connectivity index (χ1v) is 10.9. The van der Waals surface area contributed by atoms with E-state index < -0.39 is 6.04 Å². The zero-order valence-corrected chi connectivity index (χ0v) is 16.7. The number of amides is 2. The molecule has 1 saturated carbocycles. The molecule has 3 N–H and O–H groups in total. The number of carbonyl (C=O) groups is 2. The molecule has 1 aliphatic carbocycles. The number of rotatable bonds is 5. The van der Waals surface area contributed by atoms with Crippen LogP contribution in [0.25, 0.3) is 10.4 Å². The fourth-order valence-electron chi connectivity index (χ4n) is 4.75. The molecule has 2 amide bonds. The van der Waals surface area contributed by atoms with Gasteiger partial charge in [-0.2, -0.15) is 5.26 Å². The summed E-state index contributed by atoms with van der Waals surface area (Å²) in [5.41, 5.74) is 2.95. The summed E-state index contributed by atoms with van der Waals surface area (Å²) in [5, 5.41) is 18.7. The Balaban J connectivity index is 1.24. The number of carbonyl (C=O) groups excluding carboxylic acids is 2. The largest absolute Gasteiger partial charge is 0.339 e. The zero-order valence-electron chi connectivity index (χ0n) is 15.9. The van der Waals surface area contributed by atoms with E-state index in [1.165, 1.54) is 0 Å². The highest BCUT2D eigenvalue weighted by Crippen LogP contribution is 2.36. The summed E-state index contributed by atoms with van der Waals surface area (Å²) in [7, 11) is 0. The summed E-state index contributed by atoms with van der Waals surface area (Å²) in [4.78, 5) is 26.3. The minimum Gasteiger partial charge on any atom is -0.339 e. The van der Waals surface area contributed by atoms with Crippen molar-refractivity contribution in [2.45, 2.75) is 50.2 Å². The Hall–Kier alpha value is -2.69. The van der Waals surface area contributed by atoms with Crippen LogP contribution in [0, 0.1) is 17.2 Å². The molecule has 1 aromatic heterocycles. The molecular formula is C22H22N4O2S. The first kappa shape index (κ1) is 18.3. The van der Waals surface area contributed by atoms with Crippen molar-refractivity contribution < 1.29 is 9.59 Å². The topological polar surface area (TPSA) is 94.0 Å². The van der Waals surface area contributed by atoms with Crippen LogP contribution in [-0.2, 0) is 22.4 Å². The second-order valence-electron chi connectivity index (χ2n) is 8.17. The molecule has 6 nitrogen and oxygen atoms in total. The molecule has 1 saturated heterocycles. The number of thiophene rings is 1. The Labute approximate surface area is 173 Å². The van der Waals surface area contributed by atoms with Gasteiger partial charge in [0, 0.05) is 27.9 Å². The number of nitrogens with zero attached hydrogens (tertiary/aromatic N) is 1. The lowest BCUT2D eigenvalue weighted by Gasteiger charge is -2.23. The van der Waals surface area contributed by atoms with Crippen molar-refractivity contribution in [2.24, 2.45) is 5.92 Å². The molecule has 2 aliphatic heterocycles. The number of hydrogen-bond acceptors (Lipinski definition) is 5. The first-order chi connectivity index (χ1) is 14.1. The second-order valence-corrected chi connectivity index (χ2v) is 9.34. The fourth-order valence-corrected chi connectivity index (χ4v) is 5.80. The number of hydrogen-bond donors (Lipinski definition) is 3. The number of nitriles is 1. The first-order valence-electron chi connectivity index (χ1n) is 10.1. The summed E-state index contributed by atoms with van der Waals surface area (Å²) < 4.78 is 0. The summed E-state index contributed by atoms with van der Waals surface area (Å²) in [5.74, 6) is 0.393. The Morgan fingerprint density at radius 1 is 1.31 bits per heavy atom. The van der Waals surface area contributed by atoms with E-state index in [1.54, 1.807) is 11.3 Å². The molecule has 2 aromatic rings. The number of anilines is 1. The molecule has 7 heteroatoms. The van der Waals surface area contributed by atoms with Crippen LogP contribution in [0.3, 0.4) is 0 Å². The molecule has 0 spiro atoms. The van der Waals surface area contributed by atoms with Gasteiger partial charge in [0.2, 0.25) is 11.8 Å². The molecule has 148 valence electrons. The van der Waals surface area contributed by atoms with E-state index in [-0.39, 0.29) is 17.9 Å². The standard InChI is InChI=1S/C22H22N4O2S/c23-11-16(25-22(28)21-14-3-4-15(7-14)24-21)10-17-5-6-19(29-17)13-2-1-12-9-20(27)26-18(12)8-13/h1-2,5-6,8,14-16,21,24H,3-4,7,9-10H2,(H,25,28)(H,26,27). The van der Waals surface area contributed by atoms with E-state index in [4.69, 9.17) is 0 Å². The monoisotopic (exact) mass is 406 g/mol. The van der Waals surface area contributed by atoms with Crippen molar-refractivity contribution in [3.63, 3.8) is 0 Å². The smallest absolute Gasteiger partial charge is 0.238 e. The molecule has 29 heavy (non-hydrogen) atoms. The van der Waals surface area contributed by atoms with Gasteiger partial charge in [0.1, 0.15) is 6.04 Å². The third kappa shape index (κ3) is 3.54. The minimum absolute atomic E-state index is 0.0293. The van der Waals surface area contributed by atoms with Crippen molar-refractivity contribution >= 4 is 28.8 Å². The average Bonchev–Trinajstić information content (AvgIpc) is 3.49. The van der Waals surface area contributed by atoms with Crippen molar-refractivity contribution in [2.75, 3.05) is 5.32 Å². The van der Waals surface area contributed by atoms with Gasteiger partial charge >= 0.3 is 0 Å². The van der Waals surface area contributed by atoms with E-state index in [0.29, 0.717) is 24.8 Å². The number of nitrogens with one attached hydrogen (secondary N) is 3. The van der Waals surface area contributed by atoms with E-state index in [0.717, 1.165) is 45.8 Å². The van der Waals surface area contributed by atoms with Crippen LogP contribution in [0.2, 0.25) is 0 Å². The van der Waals surface area contributed by atoms with Gasteiger partial charge in [0.05, 0.1) is 18.5 Å². The van der Waals surface area contributed by atoms with Crippen molar-refractivity contribution in [1.82, 2.24) is 10.6 Å². The second kappa shape index (κ2) is 7.29. The van der Waals surface area contributed by atoms with Crippen molar-refractivity contribution in [1.29, 1.82) is 5.26 Å². The van der Waals surface area contributed by atoms with E-state index in [9.17, 15) is 14.9 Å². The SMILES string of the molecule is N#CC(Cc1ccc(-c2ccc3c(c2)NC(=O)C3)s1)NC(=O)C1NC2CCC1C2. The molecule has 2 bridgehead atoms. The highest BCUT2D eigenvalue weighted by atomic mass is 32.1. The predicted molar refractivity (Wildman–Crippen MR) is 111 cm³/mol. The maximum Gasteiger partial charge on any atom is 0.238 e. The maximum absolute atomic E-state index is 12.6. The highest BCUT2D eigenvalue weighted by Gasteiger charge is 2.43. The van der Waals surface area contributed by atoms with Crippen molar-refractivity contribution in [3.8, 4) is 16.5 Å². The van der Waals surface area contributed by atoms with E-state index >= 15 is 0 Å². The van der Waals surface area contributed by atoms with E-state index in [2.05, 4.69) is 22.0 Å². The fraction of sp³-hybridized carbons (Fsp3) is 0.409. The third-order valence-corrected chi connectivity index (χ3v) is 7.36. The van der Waals surface area contributed by atoms with Crippen LogP contribution in [-0.4, -0.2) is 29.9 Å². The Kier molecular flexibility index (Phi) is 4.61. The summed E-state index contributed by atoms with van der Waals surface area (Å²) in [6.45, 7) is 0. The molecule has 1 aromatic carbocycles. The number of benzene rings is 1. The van der Waals surface area contributed by atoms with Gasteiger partial charge < -0.3 is 16.0 Å². The van der Waals surface area contributed by atoms with Crippen LogP contribution < -0.4 is 16.0 Å². The van der Waals surface area contributed by atoms with Crippen LogP contribution in [0.5, 0.6) is 0 Å². The minimum atomic E-state index is -0.533. The zero-order chi connectivity index (χ0) is 20.0. The number of piperidine rings is 1. The lowest BCUT2D eigenvalue weighted by atomic mass is 9.99. The van der Waals surface area contributed by atoms with Gasteiger partial charge in [-0.3, -0.25) is 9.59 Å². The Bertz CT molecular complexity index is 1020. The molecular weight excluding hydrogens is 384 g/mol. The molecule has 4 atom stereocenters. The van der Waals surface area contributed by atoms with Crippen molar-refractivity contribution in [3.05, 3.63) is 40.8 Å². The highest BCUT2D eigenvalue weighted by molar-refractivity contribution is 7.15.